The van der Waals surface area contributed by atoms with Crippen molar-refractivity contribution in [3.05, 3.63) is 42.1 Å². The molecule has 1 amide bonds. The summed E-state index contributed by atoms with van der Waals surface area (Å²) in [6, 6.07) is 9.48. The number of amides is 1. The predicted octanol–water partition coefficient (Wildman–Crippen LogP) is 3.24. The number of aromatic amines is 1. The number of carbonyl (C=O) groups is 1. The van der Waals surface area contributed by atoms with Gasteiger partial charge in [-0.15, -0.1) is 0 Å². The Morgan fingerprint density at radius 3 is 2.91 bits per heavy atom. The maximum absolute atomic E-state index is 11.2. The number of anilines is 1. The number of fused-ring (bicyclic) bond motifs is 1. The highest BCUT2D eigenvalue weighted by molar-refractivity contribution is 5.85. The Morgan fingerprint density at radius 1 is 1.27 bits per heavy atom. The average Bonchev–Trinajstić information content (AvgIpc) is 2.88. The summed E-state index contributed by atoms with van der Waals surface area (Å²) in [5.74, 6) is 1.57. The van der Waals surface area contributed by atoms with Crippen LogP contribution in [0.4, 0.5) is 10.7 Å². The predicted molar refractivity (Wildman–Crippen MR) is 81.2 cm³/mol. The minimum absolute atomic E-state index is 0.266. The van der Waals surface area contributed by atoms with Gasteiger partial charge in [0.25, 0.3) is 0 Å². The molecule has 7 heteroatoms. The van der Waals surface area contributed by atoms with Gasteiger partial charge >= 0.3 is 6.09 Å². The van der Waals surface area contributed by atoms with Gasteiger partial charge in [0.05, 0.1) is 18.8 Å². The minimum atomic E-state index is -0.602. The maximum atomic E-state index is 11.2. The van der Waals surface area contributed by atoms with Crippen molar-refractivity contribution in [2.24, 2.45) is 0 Å². The molecule has 2 aromatic heterocycles. The van der Waals surface area contributed by atoms with Gasteiger partial charge in [0.1, 0.15) is 11.5 Å². The highest BCUT2D eigenvalue weighted by atomic mass is 16.5. The summed E-state index contributed by atoms with van der Waals surface area (Å²) in [6.45, 7) is 1.99. The van der Waals surface area contributed by atoms with Gasteiger partial charge in [-0.05, 0) is 24.6 Å². The molecule has 0 fully saturated rings. The van der Waals surface area contributed by atoms with Crippen LogP contribution in [-0.2, 0) is 4.74 Å². The highest BCUT2D eigenvalue weighted by Gasteiger charge is 2.09. The van der Waals surface area contributed by atoms with Gasteiger partial charge in [-0.3, -0.25) is 5.32 Å². The van der Waals surface area contributed by atoms with Gasteiger partial charge in [-0.1, -0.05) is 12.1 Å². The van der Waals surface area contributed by atoms with Crippen molar-refractivity contribution < 1.29 is 14.3 Å². The number of aromatic nitrogens is 3. The topological polar surface area (TPSA) is 89.1 Å². The molecule has 112 valence electrons. The van der Waals surface area contributed by atoms with E-state index in [-0.39, 0.29) is 5.95 Å². The first-order valence-corrected chi connectivity index (χ1v) is 6.59. The van der Waals surface area contributed by atoms with E-state index in [4.69, 9.17) is 4.74 Å². The van der Waals surface area contributed by atoms with Crippen LogP contribution in [-0.4, -0.2) is 28.2 Å². The van der Waals surface area contributed by atoms with Crippen molar-refractivity contribution >= 4 is 23.2 Å². The molecule has 1 aromatic carbocycles. The first-order valence-electron chi connectivity index (χ1n) is 6.59. The molecule has 0 spiro atoms. The molecule has 0 aliphatic heterocycles. The summed E-state index contributed by atoms with van der Waals surface area (Å²) in [4.78, 5) is 22.4. The average molecular weight is 298 g/mol. The fourth-order valence-electron chi connectivity index (χ4n) is 1.96. The number of ether oxygens (including phenoxy) is 2. The van der Waals surface area contributed by atoms with Crippen molar-refractivity contribution in [2.75, 3.05) is 12.4 Å². The minimum Gasteiger partial charge on any atom is -0.456 e. The molecule has 0 atom stereocenters. The van der Waals surface area contributed by atoms with Crippen molar-refractivity contribution in [1.29, 1.82) is 0 Å². The molecule has 0 saturated heterocycles. The number of benzene rings is 1. The van der Waals surface area contributed by atoms with Gasteiger partial charge in [-0.2, -0.15) is 4.98 Å². The number of nitrogens with zero attached hydrogens (tertiary/aromatic N) is 2. The largest absolute Gasteiger partial charge is 0.456 e. The number of methoxy groups -OCH3 is 1. The normalized spacial score (nSPS) is 10.5. The molecule has 0 aliphatic carbocycles. The Labute approximate surface area is 126 Å². The fourth-order valence-corrected chi connectivity index (χ4v) is 1.96. The van der Waals surface area contributed by atoms with E-state index in [0.717, 1.165) is 11.3 Å². The van der Waals surface area contributed by atoms with Crippen molar-refractivity contribution in [3.63, 3.8) is 0 Å². The zero-order valence-corrected chi connectivity index (χ0v) is 12.1. The van der Waals surface area contributed by atoms with Crippen LogP contribution < -0.4 is 10.1 Å². The van der Waals surface area contributed by atoms with Crippen LogP contribution in [0.25, 0.3) is 11.2 Å². The number of carbonyl (C=O) groups excluding carboxylic acids is 1. The number of nitrogens with one attached hydrogen (secondary N) is 2. The summed E-state index contributed by atoms with van der Waals surface area (Å²) in [5, 5.41) is 2.45. The van der Waals surface area contributed by atoms with Crippen molar-refractivity contribution in [2.45, 2.75) is 6.92 Å². The van der Waals surface area contributed by atoms with E-state index >= 15 is 0 Å². The lowest BCUT2D eigenvalue weighted by atomic mass is 10.2. The van der Waals surface area contributed by atoms with E-state index in [9.17, 15) is 4.79 Å². The number of aryl methyl sites for hydroxylation is 1. The number of H-pyrrole nitrogens is 1. The Bertz CT molecular complexity index is 829. The van der Waals surface area contributed by atoms with E-state index < -0.39 is 6.09 Å². The standard InChI is InChI=1S/C15H14N4O3/c1-9-4-3-5-10(6-9)22-11-7-12-13(16-8-11)18-14(17-12)19-15(20)21-2/h3-8H,1-2H3,(H2,16,17,18,19,20). The van der Waals surface area contributed by atoms with E-state index in [1.807, 2.05) is 31.2 Å². The Hall–Kier alpha value is -3.09. The lowest BCUT2D eigenvalue weighted by molar-refractivity contribution is 0.186. The second-order valence-corrected chi connectivity index (χ2v) is 4.66. The van der Waals surface area contributed by atoms with Gasteiger partial charge in [0.2, 0.25) is 5.95 Å². The summed E-state index contributed by atoms with van der Waals surface area (Å²) in [5.41, 5.74) is 2.23. The number of hydrogen-bond donors (Lipinski definition) is 2. The summed E-state index contributed by atoms with van der Waals surface area (Å²) in [6.07, 6.45) is 0.975. The van der Waals surface area contributed by atoms with Gasteiger partial charge < -0.3 is 14.5 Å². The summed E-state index contributed by atoms with van der Waals surface area (Å²) in [7, 11) is 1.28. The van der Waals surface area contributed by atoms with Crippen LogP contribution in [0.2, 0.25) is 0 Å². The molecular weight excluding hydrogens is 284 g/mol. The maximum Gasteiger partial charge on any atom is 0.413 e. The van der Waals surface area contributed by atoms with Gasteiger partial charge in [-0.25, -0.2) is 9.78 Å². The second kappa shape index (κ2) is 5.72. The third-order valence-corrected chi connectivity index (χ3v) is 2.94. The lowest BCUT2D eigenvalue weighted by Crippen LogP contribution is -2.11. The van der Waals surface area contributed by atoms with Gasteiger partial charge in [0, 0.05) is 6.07 Å². The molecule has 2 heterocycles. The third-order valence-electron chi connectivity index (χ3n) is 2.94. The molecule has 0 bridgehead atoms. The number of rotatable bonds is 3. The van der Waals surface area contributed by atoms with Crippen molar-refractivity contribution in [3.8, 4) is 11.5 Å². The Morgan fingerprint density at radius 2 is 2.14 bits per heavy atom. The van der Waals surface area contributed by atoms with E-state index in [2.05, 4.69) is 25.0 Å². The zero-order valence-electron chi connectivity index (χ0n) is 12.1. The van der Waals surface area contributed by atoms with Crippen molar-refractivity contribution in [1.82, 2.24) is 15.0 Å². The van der Waals surface area contributed by atoms with Gasteiger partial charge in [0.15, 0.2) is 5.65 Å². The van der Waals surface area contributed by atoms with Crippen LogP contribution in [0.5, 0.6) is 11.5 Å². The molecule has 3 rings (SSSR count). The van der Waals surface area contributed by atoms with Crippen LogP contribution in [0, 0.1) is 6.92 Å². The van der Waals surface area contributed by atoms with E-state index in [1.165, 1.54) is 7.11 Å². The number of imidazole rings is 1. The molecular formula is C15H14N4O3. The molecule has 7 nitrogen and oxygen atoms in total. The molecule has 3 aromatic rings. The fraction of sp³-hybridized carbons (Fsp3) is 0.133. The Balaban J connectivity index is 1.84. The quantitative estimate of drug-likeness (QED) is 0.774. The molecule has 22 heavy (non-hydrogen) atoms. The monoisotopic (exact) mass is 298 g/mol. The molecule has 0 saturated carbocycles. The van der Waals surface area contributed by atoms with Crippen LogP contribution in [0.3, 0.4) is 0 Å². The zero-order chi connectivity index (χ0) is 15.5. The SMILES string of the molecule is COC(=O)Nc1nc2ncc(Oc3cccc(C)c3)cc2[nH]1. The van der Waals surface area contributed by atoms with Crippen LogP contribution >= 0.6 is 0 Å². The smallest absolute Gasteiger partial charge is 0.413 e. The first kappa shape index (κ1) is 13.9. The second-order valence-electron chi connectivity index (χ2n) is 4.66. The van der Waals surface area contributed by atoms with E-state index in [1.54, 1.807) is 12.3 Å². The summed E-state index contributed by atoms with van der Waals surface area (Å²) < 4.78 is 10.3. The number of hydrogen-bond acceptors (Lipinski definition) is 5. The van der Waals surface area contributed by atoms with E-state index in [0.29, 0.717) is 16.9 Å². The Kier molecular flexibility index (Phi) is 3.61. The molecule has 0 unspecified atom stereocenters. The molecule has 0 radical (unpaired) electrons. The molecule has 0 aliphatic rings. The summed E-state index contributed by atoms with van der Waals surface area (Å²) >= 11 is 0. The van der Waals surface area contributed by atoms with Crippen LogP contribution in [0.15, 0.2) is 36.5 Å². The number of pyridine rings is 1. The highest BCUT2D eigenvalue weighted by Crippen LogP contribution is 2.24. The first-order chi connectivity index (χ1) is 10.6. The third kappa shape index (κ3) is 2.98. The molecule has 2 N–H and O–H groups in total. The van der Waals surface area contributed by atoms with Crippen LogP contribution in [0.1, 0.15) is 5.56 Å². The lowest BCUT2D eigenvalue weighted by Gasteiger charge is -2.05.